The third kappa shape index (κ3) is 5.42. The van der Waals surface area contributed by atoms with Gasteiger partial charge in [0.2, 0.25) is 0 Å². The van der Waals surface area contributed by atoms with Crippen LogP contribution in [-0.4, -0.2) is 37.4 Å². The highest BCUT2D eigenvalue weighted by Gasteiger charge is 2.12. The second-order valence-corrected chi connectivity index (χ2v) is 6.29. The lowest BCUT2D eigenvalue weighted by atomic mass is 10.1. The van der Waals surface area contributed by atoms with E-state index < -0.39 is 12.6 Å². The van der Waals surface area contributed by atoms with E-state index in [4.69, 9.17) is 9.47 Å². The third-order valence-corrected chi connectivity index (χ3v) is 4.26. The maximum Gasteiger partial charge on any atom is 0.325 e. The van der Waals surface area contributed by atoms with E-state index in [1.165, 1.54) is 0 Å². The van der Waals surface area contributed by atoms with E-state index in [9.17, 15) is 14.4 Å². The second kappa shape index (κ2) is 9.50. The van der Waals surface area contributed by atoms with Crippen molar-refractivity contribution < 1.29 is 23.9 Å². The topological polar surface area (TPSA) is 81.7 Å². The molecule has 0 atom stereocenters. The van der Waals surface area contributed by atoms with Crippen molar-refractivity contribution in [1.82, 2.24) is 5.32 Å². The molecule has 0 heterocycles. The first-order valence-corrected chi connectivity index (χ1v) is 9.25. The molecule has 3 aromatic rings. The third-order valence-electron chi connectivity index (χ3n) is 4.26. The SMILES string of the molecule is CCOc1ccc(C(=O)COC(=O)CNC(=O)c2ccc3ccccc3c2)cc1. The lowest BCUT2D eigenvalue weighted by Gasteiger charge is -2.08. The number of esters is 1. The van der Waals surface area contributed by atoms with Crippen LogP contribution < -0.4 is 10.1 Å². The van der Waals surface area contributed by atoms with Gasteiger partial charge in [-0.3, -0.25) is 14.4 Å². The molecular weight excluding hydrogens is 370 g/mol. The van der Waals surface area contributed by atoms with Gasteiger partial charge in [-0.25, -0.2) is 0 Å². The van der Waals surface area contributed by atoms with E-state index in [2.05, 4.69) is 5.32 Å². The van der Waals surface area contributed by atoms with Crippen molar-refractivity contribution in [2.45, 2.75) is 6.92 Å². The Labute approximate surface area is 168 Å². The number of hydrogen-bond donors (Lipinski definition) is 1. The number of carbonyl (C=O) groups is 3. The Morgan fingerprint density at radius 3 is 2.28 bits per heavy atom. The fourth-order valence-corrected chi connectivity index (χ4v) is 2.77. The van der Waals surface area contributed by atoms with Crippen LogP contribution in [0.15, 0.2) is 66.7 Å². The Hall–Kier alpha value is -3.67. The summed E-state index contributed by atoms with van der Waals surface area (Å²) in [6.07, 6.45) is 0. The lowest BCUT2D eigenvalue weighted by Crippen LogP contribution is -2.31. The number of amides is 1. The highest BCUT2D eigenvalue weighted by atomic mass is 16.5. The maximum atomic E-state index is 12.2. The molecule has 1 amide bonds. The molecule has 0 aliphatic heterocycles. The van der Waals surface area contributed by atoms with Crippen LogP contribution in [0.25, 0.3) is 10.8 Å². The highest BCUT2D eigenvalue weighted by molar-refractivity contribution is 6.00. The number of hydrogen-bond acceptors (Lipinski definition) is 5. The molecule has 0 saturated heterocycles. The molecule has 0 aliphatic rings. The zero-order valence-corrected chi connectivity index (χ0v) is 16.0. The fourth-order valence-electron chi connectivity index (χ4n) is 2.77. The van der Waals surface area contributed by atoms with Crippen LogP contribution >= 0.6 is 0 Å². The van der Waals surface area contributed by atoms with Crippen molar-refractivity contribution in [2.24, 2.45) is 0 Å². The van der Waals surface area contributed by atoms with Crippen LogP contribution in [0.5, 0.6) is 5.75 Å². The van der Waals surface area contributed by atoms with Gasteiger partial charge < -0.3 is 14.8 Å². The molecule has 0 bridgehead atoms. The molecule has 0 aliphatic carbocycles. The number of benzene rings is 3. The van der Waals surface area contributed by atoms with Crippen molar-refractivity contribution in [3.05, 3.63) is 77.9 Å². The van der Waals surface area contributed by atoms with Crippen LogP contribution in [-0.2, 0) is 9.53 Å². The molecule has 0 unspecified atom stereocenters. The summed E-state index contributed by atoms with van der Waals surface area (Å²) in [6.45, 7) is 1.70. The summed E-state index contributed by atoms with van der Waals surface area (Å²) in [5.41, 5.74) is 0.864. The van der Waals surface area contributed by atoms with Crippen molar-refractivity contribution in [2.75, 3.05) is 19.8 Å². The van der Waals surface area contributed by atoms with Crippen LogP contribution in [0.4, 0.5) is 0 Å². The number of ether oxygens (including phenoxy) is 2. The van der Waals surface area contributed by atoms with E-state index in [1.54, 1.807) is 36.4 Å². The molecule has 0 fully saturated rings. The molecule has 0 radical (unpaired) electrons. The number of carbonyl (C=O) groups excluding carboxylic acids is 3. The molecular formula is C23H21NO5. The number of ketones is 1. The van der Waals surface area contributed by atoms with Gasteiger partial charge in [0, 0.05) is 11.1 Å². The summed E-state index contributed by atoms with van der Waals surface area (Å²) in [4.78, 5) is 36.2. The van der Waals surface area contributed by atoms with Gasteiger partial charge in [0.1, 0.15) is 12.3 Å². The second-order valence-electron chi connectivity index (χ2n) is 6.29. The molecule has 148 valence electrons. The van der Waals surface area contributed by atoms with Crippen LogP contribution in [0.3, 0.4) is 0 Å². The Morgan fingerprint density at radius 1 is 0.862 bits per heavy atom. The minimum atomic E-state index is -0.682. The molecule has 6 heteroatoms. The summed E-state index contributed by atoms with van der Waals surface area (Å²) in [5.74, 6) is -0.733. The minimum absolute atomic E-state index is 0.317. The molecule has 0 aromatic heterocycles. The van der Waals surface area contributed by atoms with Gasteiger partial charge in [0.05, 0.1) is 6.61 Å². The lowest BCUT2D eigenvalue weighted by molar-refractivity contribution is -0.141. The van der Waals surface area contributed by atoms with E-state index in [0.717, 1.165) is 10.8 Å². The first-order valence-electron chi connectivity index (χ1n) is 9.25. The Balaban J connectivity index is 1.47. The summed E-state index contributed by atoms with van der Waals surface area (Å²) < 4.78 is 10.3. The average Bonchev–Trinajstić information content (AvgIpc) is 2.76. The molecule has 6 nitrogen and oxygen atoms in total. The highest BCUT2D eigenvalue weighted by Crippen LogP contribution is 2.15. The predicted molar refractivity (Wildman–Crippen MR) is 109 cm³/mol. The van der Waals surface area contributed by atoms with E-state index in [1.807, 2.05) is 37.3 Å². The molecule has 3 aromatic carbocycles. The Kier molecular flexibility index (Phi) is 6.58. The monoisotopic (exact) mass is 391 g/mol. The maximum absolute atomic E-state index is 12.2. The van der Waals surface area contributed by atoms with E-state index in [-0.39, 0.29) is 18.2 Å². The number of Topliss-reactive ketones (excluding diaryl/α,β-unsaturated/α-hetero) is 1. The van der Waals surface area contributed by atoms with Gasteiger partial charge in [-0.05, 0) is 54.1 Å². The van der Waals surface area contributed by atoms with Gasteiger partial charge >= 0.3 is 5.97 Å². The standard InChI is InChI=1S/C23H21NO5/c1-2-28-20-11-9-17(10-12-20)21(25)15-29-22(26)14-24-23(27)19-8-7-16-5-3-4-6-18(16)13-19/h3-13H,2,14-15H2,1H3,(H,24,27). The first kappa shape index (κ1) is 20.1. The van der Waals surface area contributed by atoms with Crippen LogP contribution in [0.2, 0.25) is 0 Å². The molecule has 29 heavy (non-hydrogen) atoms. The van der Waals surface area contributed by atoms with Crippen molar-refractivity contribution >= 4 is 28.4 Å². The van der Waals surface area contributed by atoms with Crippen molar-refractivity contribution in [1.29, 1.82) is 0 Å². The van der Waals surface area contributed by atoms with Crippen LogP contribution in [0, 0.1) is 0 Å². The van der Waals surface area contributed by atoms with Crippen molar-refractivity contribution in [3.63, 3.8) is 0 Å². The molecule has 0 saturated carbocycles. The van der Waals surface area contributed by atoms with Crippen molar-refractivity contribution in [3.8, 4) is 5.75 Å². The van der Waals surface area contributed by atoms with E-state index >= 15 is 0 Å². The summed E-state index contributed by atoms with van der Waals surface area (Å²) in [7, 11) is 0. The summed E-state index contributed by atoms with van der Waals surface area (Å²) in [6, 6.07) is 19.6. The molecule has 1 N–H and O–H groups in total. The zero-order valence-electron chi connectivity index (χ0n) is 16.0. The molecule has 3 rings (SSSR count). The van der Waals surface area contributed by atoms with Gasteiger partial charge in [-0.2, -0.15) is 0 Å². The smallest absolute Gasteiger partial charge is 0.325 e. The fraction of sp³-hybridized carbons (Fsp3) is 0.174. The summed E-state index contributed by atoms with van der Waals surface area (Å²) >= 11 is 0. The normalized spacial score (nSPS) is 10.4. The molecule has 0 spiro atoms. The van der Waals surface area contributed by atoms with Gasteiger partial charge in [-0.1, -0.05) is 30.3 Å². The van der Waals surface area contributed by atoms with Gasteiger partial charge in [0.25, 0.3) is 5.91 Å². The van der Waals surface area contributed by atoms with Gasteiger partial charge in [-0.15, -0.1) is 0 Å². The number of nitrogens with one attached hydrogen (secondary N) is 1. The van der Waals surface area contributed by atoms with E-state index in [0.29, 0.717) is 23.5 Å². The Bertz CT molecular complexity index is 1030. The number of rotatable bonds is 8. The Morgan fingerprint density at radius 2 is 1.55 bits per heavy atom. The van der Waals surface area contributed by atoms with Crippen LogP contribution in [0.1, 0.15) is 27.6 Å². The minimum Gasteiger partial charge on any atom is -0.494 e. The zero-order chi connectivity index (χ0) is 20.6. The number of fused-ring (bicyclic) bond motifs is 1. The quantitative estimate of drug-likeness (QED) is 0.470. The van der Waals surface area contributed by atoms with Gasteiger partial charge in [0.15, 0.2) is 12.4 Å². The summed E-state index contributed by atoms with van der Waals surface area (Å²) in [5, 5.41) is 4.47. The largest absolute Gasteiger partial charge is 0.494 e. The predicted octanol–water partition coefficient (Wildman–Crippen LogP) is 3.39. The first-order chi connectivity index (χ1) is 14.1. The average molecular weight is 391 g/mol.